The van der Waals surface area contributed by atoms with E-state index in [2.05, 4.69) is 19.9 Å². The summed E-state index contributed by atoms with van der Waals surface area (Å²) in [4.78, 5) is 27.4. The minimum absolute atomic E-state index is 0.0242. The molecule has 0 atom stereocenters. The zero-order valence-corrected chi connectivity index (χ0v) is 18.8. The van der Waals surface area contributed by atoms with E-state index in [0.29, 0.717) is 24.2 Å². The first-order valence-corrected chi connectivity index (χ1v) is 12.7. The Bertz CT molecular complexity index is 1370. The summed E-state index contributed by atoms with van der Waals surface area (Å²) >= 11 is 1.22. The second kappa shape index (κ2) is 8.44. The maximum absolute atomic E-state index is 13.0. The molecule has 1 aliphatic heterocycles. The van der Waals surface area contributed by atoms with Gasteiger partial charge in [-0.05, 0) is 37.0 Å². The number of imidazole rings is 1. The Morgan fingerprint density at radius 2 is 1.81 bits per heavy atom. The topological polar surface area (TPSA) is 97.5 Å². The van der Waals surface area contributed by atoms with Crippen LogP contribution in [-0.2, 0) is 16.3 Å². The minimum atomic E-state index is -3.61. The molecule has 0 unspecified atom stereocenters. The number of benzene rings is 1. The number of rotatable bonds is 7. The fraction of sp³-hybridized carbons (Fsp3) is 0.273. The van der Waals surface area contributed by atoms with Crippen molar-refractivity contribution in [2.45, 2.75) is 34.8 Å². The Kier molecular flexibility index (Phi) is 5.48. The highest BCUT2D eigenvalue weighted by Crippen LogP contribution is 2.32. The van der Waals surface area contributed by atoms with Gasteiger partial charge in [0.2, 0.25) is 15.6 Å². The standard InChI is InChI=1S/C22H21N5O3S2/c28-19(17-13-24-21-23-9-12-27(21)15-17)8-5-16-3-6-18(7-4-16)32(29,30)20-14-25-22(31-20)26-10-1-2-11-26/h3-4,6-7,9,12-15H,1-2,5,8,10-11H2. The maximum Gasteiger partial charge on any atom is 0.233 e. The van der Waals surface area contributed by atoms with Gasteiger partial charge in [-0.1, -0.05) is 23.5 Å². The summed E-state index contributed by atoms with van der Waals surface area (Å²) in [6.07, 6.45) is 11.1. The van der Waals surface area contributed by atoms with E-state index in [-0.39, 0.29) is 14.9 Å². The van der Waals surface area contributed by atoms with Gasteiger partial charge in [0.15, 0.2) is 10.9 Å². The third-order valence-electron chi connectivity index (χ3n) is 5.56. The third-order valence-corrected chi connectivity index (χ3v) is 8.84. The number of nitrogens with zero attached hydrogens (tertiary/aromatic N) is 5. The van der Waals surface area contributed by atoms with E-state index >= 15 is 0 Å². The summed E-state index contributed by atoms with van der Waals surface area (Å²) < 4.78 is 27.9. The zero-order chi connectivity index (χ0) is 22.1. The lowest BCUT2D eigenvalue weighted by Gasteiger charge is -2.12. The van der Waals surface area contributed by atoms with Crippen LogP contribution in [0.2, 0.25) is 0 Å². The molecule has 5 rings (SSSR count). The second-order valence-corrected chi connectivity index (χ2v) is 10.9. The number of anilines is 1. The van der Waals surface area contributed by atoms with Gasteiger partial charge in [0.1, 0.15) is 4.21 Å². The van der Waals surface area contributed by atoms with Gasteiger partial charge < -0.3 is 4.90 Å². The van der Waals surface area contributed by atoms with E-state index in [9.17, 15) is 13.2 Å². The van der Waals surface area contributed by atoms with Crippen molar-refractivity contribution in [2.24, 2.45) is 0 Å². The first-order chi connectivity index (χ1) is 15.5. The number of hydrogen-bond donors (Lipinski definition) is 0. The van der Waals surface area contributed by atoms with Crippen molar-refractivity contribution in [3.05, 3.63) is 66.4 Å². The number of ketones is 1. The molecule has 0 aliphatic carbocycles. The molecule has 0 amide bonds. The predicted molar refractivity (Wildman–Crippen MR) is 121 cm³/mol. The molecule has 1 aromatic carbocycles. The van der Waals surface area contributed by atoms with Crippen molar-refractivity contribution in [1.82, 2.24) is 19.4 Å². The monoisotopic (exact) mass is 467 g/mol. The molecule has 164 valence electrons. The Balaban J connectivity index is 1.25. The summed E-state index contributed by atoms with van der Waals surface area (Å²) in [5.74, 6) is 0.524. The number of carbonyl (C=O) groups excluding carboxylic acids is 1. The molecule has 0 spiro atoms. The molecule has 4 heterocycles. The molecule has 4 aromatic rings. The first-order valence-electron chi connectivity index (χ1n) is 10.4. The van der Waals surface area contributed by atoms with Gasteiger partial charge in [0.05, 0.1) is 16.7 Å². The summed E-state index contributed by atoms with van der Waals surface area (Å²) in [5, 5.41) is 0.763. The van der Waals surface area contributed by atoms with Crippen LogP contribution >= 0.6 is 11.3 Å². The van der Waals surface area contributed by atoms with E-state index in [1.54, 1.807) is 47.3 Å². The molecule has 32 heavy (non-hydrogen) atoms. The van der Waals surface area contributed by atoms with Crippen LogP contribution in [0.15, 0.2) is 64.4 Å². The largest absolute Gasteiger partial charge is 0.348 e. The maximum atomic E-state index is 13.0. The molecule has 0 saturated carbocycles. The van der Waals surface area contributed by atoms with Crippen molar-refractivity contribution in [2.75, 3.05) is 18.0 Å². The lowest BCUT2D eigenvalue weighted by Crippen LogP contribution is -2.16. The van der Waals surface area contributed by atoms with E-state index in [4.69, 9.17) is 0 Å². The Morgan fingerprint density at radius 3 is 2.59 bits per heavy atom. The van der Waals surface area contributed by atoms with Crippen molar-refractivity contribution in [3.63, 3.8) is 0 Å². The third kappa shape index (κ3) is 4.03. The van der Waals surface area contributed by atoms with E-state index < -0.39 is 9.84 Å². The van der Waals surface area contributed by atoms with E-state index in [1.165, 1.54) is 23.7 Å². The number of hydrogen-bond acceptors (Lipinski definition) is 8. The Hall–Kier alpha value is -3.11. The number of Topliss-reactive ketones (excluding diaryl/α,β-unsaturated/α-hetero) is 1. The normalized spacial score (nSPS) is 14.3. The predicted octanol–water partition coefficient (Wildman–Crippen LogP) is 3.43. The van der Waals surface area contributed by atoms with Crippen LogP contribution in [0.4, 0.5) is 5.13 Å². The Morgan fingerprint density at radius 1 is 1.03 bits per heavy atom. The smallest absolute Gasteiger partial charge is 0.233 e. The van der Waals surface area contributed by atoms with E-state index in [0.717, 1.165) is 36.6 Å². The van der Waals surface area contributed by atoms with Gasteiger partial charge >= 0.3 is 0 Å². The second-order valence-electron chi connectivity index (χ2n) is 7.70. The van der Waals surface area contributed by atoms with Crippen molar-refractivity contribution < 1.29 is 13.2 Å². The van der Waals surface area contributed by atoms with Crippen LogP contribution < -0.4 is 4.90 Å². The quantitative estimate of drug-likeness (QED) is 0.384. The fourth-order valence-electron chi connectivity index (χ4n) is 3.74. The van der Waals surface area contributed by atoms with E-state index in [1.807, 2.05) is 0 Å². The number of carbonyl (C=O) groups is 1. The van der Waals surface area contributed by atoms with Gasteiger partial charge in [0, 0.05) is 44.3 Å². The lowest BCUT2D eigenvalue weighted by molar-refractivity contribution is 0.0982. The molecule has 1 fully saturated rings. The number of fused-ring (bicyclic) bond motifs is 1. The van der Waals surface area contributed by atoms with Gasteiger partial charge in [-0.15, -0.1) is 0 Å². The molecule has 0 N–H and O–H groups in total. The number of aromatic nitrogens is 4. The number of aryl methyl sites for hydroxylation is 1. The van der Waals surface area contributed by atoms with Gasteiger partial charge in [-0.25, -0.2) is 23.4 Å². The fourth-order valence-corrected chi connectivity index (χ4v) is 6.32. The summed E-state index contributed by atoms with van der Waals surface area (Å²) in [5.41, 5.74) is 1.42. The lowest BCUT2D eigenvalue weighted by atomic mass is 10.0. The van der Waals surface area contributed by atoms with Crippen molar-refractivity contribution in [1.29, 1.82) is 0 Å². The molecule has 1 aliphatic rings. The molecule has 0 bridgehead atoms. The first kappa shape index (κ1) is 20.8. The number of thiazole rings is 1. The van der Waals surface area contributed by atoms with Crippen LogP contribution in [-0.4, -0.2) is 46.6 Å². The van der Waals surface area contributed by atoms with Crippen LogP contribution in [0.5, 0.6) is 0 Å². The van der Waals surface area contributed by atoms with Crippen molar-refractivity contribution in [3.8, 4) is 0 Å². The van der Waals surface area contributed by atoms with Crippen LogP contribution in [0.25, 0.3) is 5.78 Å². The molecule has 3 aromatic heterocycles. The Labute approximate surface area is 189 Å². The average molecular weight is 468 g/mol. The highest BCUT2D eigenvalue weighted by atomic mass is 32.2. The van der Waals surface area contributed by atoms with Crippen LogP contribution in [0.1, 0.15) is 35.2 Å². The van der Waals surface area contributed by atoms with Crippen molar-refractivity contribution >= 4 is 37.9 Å². The molecule has 1 saturated heterocycles. The molecule has 8 nitrogen and oxygen atoms in total. The number of sulfone groups is 1. The molecule has 0 radical (unpaired) electrons. The summed E-state index contributed by atoms with van der Waals surface area (Å²) in [6.45, 7) is 1.85. The average Bonchev–Trinajstić information content (AvgIpc) is 3.58. The van der Waals surface area contributed by atoms with Gasteiger partial charge in [0.25, 0.3) is 0 Å². The summed E-state index contributed by atoms with van der Waals surface area (Å²) in [7, 11) is -3.61. The van der Waals surface area contributed by atoms with Crippen LogP contribution in [0.3, 0.4) is 0 Å². The molecule has 10 heteroatoms. The SMILES string of the molecule is O=C(CCc1ccc(S(=O)(=O)c2cnc(N3CCCC3)s2)cc1)c1cnc2nccn2c1. The highest BCUT2D eigenvalue weighted by Gasteiger charge is 2.23. The molecular weight excluding hydrogens is 446 g/mol. The molecular formula is C22H21N5O3S2. The zero-order valence-electron chi connectivity index (χ0n) is 17.2. The van der Waals surface area contributed by atoms with Crippen LogP contribution in [0, 0.1) is 0 Å². The highest BCUT2D eigenvalue weighted by molar-refractivity contribution is 7.93. The summed E-state index contributed by atoms with van der Waals surface area (Å²) in [6, 6.07) is 6.73. The van der Waals surface area contributed by atoms with Gasteiger partial charge in [-0.3, -0.25) is 9.20 Å². The minimum Gasteiger partial charge on any atom is -0.348 e. The van der Waals surface area contributed by atoms with Gasteiger partial charge in [-0.2, -0.15) is 0 Å².